The summed E-state index contributed by atoms with van der Waals surface area (Å²) in [6.07, 6.45) is 0. The highest BCUT2D eigenvalue weighted by molar-refractivity contribution is 6.36. The van der Waals surface area contributed by atoms with E-state index < -0.39 is 16.7 Å². The lowest BCUT2D eigenvalue weighted by Crippen LogP contribution is -2.35. The monoisotopic (exact) mass is 379 g/mol. The van der Waals surface area contributed by atoms with Crippen LogP contribution in [0.3, 0.4) is 0 Å². The topological polar surface area (TPSA) is 92.6 Å². The number of benzene rings is 2. The molecule has 144 valence electrons. The Morgan fingerprint density at radius 1 is 1.00 bits per heavy atom. The zero-order chi connectivity index (χ0) is 20.4. The number of hydrogen-bond acceptors (Lipinski definition) is 5. The number of hydrogen-bond donors (Lipinski definition) is 1. The molecule has 0 saturated carbocycles. The molecule has 7 nitrogen and oxygen atoms in total. The third kappa shape index (κ3) is 3.78. The van der Waals surface area contributed by atoms with Gasteiger partial charge < -0.3 is 5.32 Å². The van der Waals surface area contributed by atoms with Crippen LogP contribution in [-0.4, -0.2) is 28.2 Å². The van der Waals surface area contributed by atoms with Crippen molar-refractivity contribution in [2.24, 2.45) is 5.92 Å². The van der Waals surface area contributed by atoms with Crippen LogP contribution in [0.1, 0.15) is 25.0 Å². The van der Waals surface area contributed by atoms with Crippen LogP contribution < -0.4 is 5.32 Å². The Morgan fingerprint density at radius 2 is 1.61 bits per heavy atom. The third-order valence-electron chi connectivity index (χ3n) is 4.40. The smallest absolute Gasteiger partial charge is 0.278 e. The van der Waals surface area contributed by atoms with Crippen molar-refractivity contribution in [2.75, 3.05) is 11.9 Å². The van der Waals surface area contributed by atoms with Crippen molar-refractivity contribution in [2.45, 2.75) is 20.8 Å². The fraction of sp³-hybridized carbons (Fsp3) is 0.238. The van der Waals surface area contributed by atoms with Gasteiger partial charge in [-0.2, -0.15) is 0 Å². The minimum atomic E-state index is -0.504. The maximum atomic E-state index is 13.0. The molecule has 0 atom stereocenters. The molecule has 0 bridgehead atoms. The van der Waals surface area contributed by atoms with Gasteiger partial charge in [-0.05, 0) is 42.7 Å². The summed E-state index contributed by atoms with van der Waals surface area (Å²) in [4.78, 5) is 37.6. The van der Waals surface area contributed by atoms with E-state index in [1.54, 1.807) is 0 Å². The average Bonchev–Trinajstić information content (AvgIpc) is 2.87. The summed E-state index contributed by atoms with van der Waals surface area (Å²) < 4.78 is 0. The number of nitrogens with zero attached hydrogens (tertiary/aromatic N) is 2. The number of rotatable bonds is 6. The maximum Gasteiger partial charge on any atom is 0.278 e. The standard InChI is InChI=1S/C21H21N3O4/c1-13(2)12-23-20(25)18(15-6-10-17(11-7-15)24(27)28)19(21(23)26)22-16-8-4-14(3)5-9-16/h4-11,13,22H,12H2,1-3H3. The van der Waals surface area contributed by atoms with E-state index in [2.05, 4.69) is 5.32 Å². The normalized spacial score (nSPS) is 14.2. The van der Waals surface area contributed by atoms with Crippen molar-refractivity contribution < 1.29 is 14.5 Å². The number of nitrogens with one attached hydrogen (secondary N) is 1. The van der Waals surface area contributed by atoms with E-state index in [9.17, 15) is 19.7 Å². The first kappa shape index (κ1) is 19.3. The molecule has 1 aliphatic rings. The van der Waals surface area contributed by atoms with Crippen LogP contribution in [0.2, 0.25) is 0 Å². The molecule has 2 aromatic rings. The molecule has 28 heavy (non-hydrogen) atoms. The second-order valence-electron chi connectivity index (χ2n) is 7.16. The van der Waals surface area contributed by atoms with Crippen molar-refractivity contribution in [3.63, 3.8) is 0 Å². The van der Waals surface area contributed by atoms with E-state index in [-0.39, 0.29) is 22.9 Å². The molecule has 0 unspecified atom stereocenters. The number of nitro groups is 1. The van der Waals surface area contributed by atoms with Gasteiger partial charge in [0.1, 0.15) is 5.70 Å². The molecule has 0 radical (unpaired) electrons. The fourth-order valence-electron chi connectivity index (χ4n) is 3.02. The Bertz CT molecular complexity index is 960. The summed E-state index contributed by atoms with van der Waals surface area (Å²) in [6, 6.07) is 13.1. The fourth-order valence-corrected chi connectivity index (χ4v) is 3.02. The van der Waals surface area contributed by atoms with E-state index in [0.717, 1.165) is 5.56 Å². The van der Waals surface area contributed by atoms with Gasteiger partial charge in [0.15, 0.2) is 0 Å². The van der Waals surface area contributed by atoms with E-state index >= 15 is 0 Å². The number of aryl methyl sites for hydroxylation is 1. The van der Waals surface area contributed by atoms with Gasteiger partial charge in [-0.15, -0.1) is 0 Å². The molecule has 1 heterocycles. The van der Waals surface area contributed by atoms with Crippen molar-refractivity contribution in [3.05, 3.63) is 75.5 Å². The van der Waals surface area contributed by atoms with Gasteiger partial charge in [0.25, 0.3) is 17.5 Å². The van der Waals surface area contributed by atoms with Crippen LogP contribution in [0.15, 0.2) is 54.2 Å². The Hall–Kier alpha value is -3.48. The lowest BCUT2D eigenvalue weighted by molar-refractivity contribution is -0.384. The average molecular weight is 379 g/mol. The van der Waals surface area contributed by atoms with Crippen LogP contribution in [0.5, 0.6) is 0 Å². The summed E-state index contributed by atoms with van der Waals surface area (Å²) in [6.45, 7) is 6.11. The number of imide groups is 1. The van der Waals surface area contributed by atoms with Crippen LogP contribution in [-0.2, 0) is 9.59 Å². The molecule has 0 aromatic heterocycles. The van der Waals surface area contributed by atoms with E-state index in [1.165, 1.54) is 29.2 Å². The minimum absolute atomic E-state index is 0.0757. The number of carbonyl (C=O) groups excluding carboxylic acids is 2. The highest BCUT2D eigenvalue weighted by Crippen LogP contribution is 2.31. The first-order valence-corrected chi connectivity index (χ1v) is 8.97. The van der Waals surface area contributed by atoms with Crippen LogP contribution in [0, 0.1) is 23.0 Å². The van der Waals surface area contributed by atoms with Gasteiger partial charge in [0.05, 0.1) is 10.5 Å². The Labute approximate surface area is 162 Å². The molecule has 1 aliphatic heterocycles. The predicted molar refractivity (Wildman–Crippen MR) is 106 cm³/mol. The summed E-state index contributed by atoms with van der Waals surface area (Å²) in [5.74, 6) is -0.681. The quantitative estimate of drug-likeness (QED) is 0.469. The molecule has 0 fully saturated rings. The van der Waals surface area contributed by atoms with Crippen molar-refractivity contribution >= 4 is 28.8 Å². The SMILES string of the molecule is Cc1ccc(NC2=C(c3ccc([N+](=O)[O-])cc3)C(=O)N(CC(C)C)C2=O)cc1. The maximum absolute atomic E-state index is 13.0. The molecular formula is C21H21N3O4. The molecule has 2 amide bonds. The Morgan fingerprint density at radius 3 is 2.14 bits per heavy atom. The molecule has 2 aromatic carbocycles. The second kappa shape index (κ2) is 7.64. The largest absolute Gasteiger partial charge is 0.350 e. The van der Waals surface area contributed by atoms with Gasteiger partial charge in [0, 0.05) is 24.4 Å². The molecule has 7 heteroatoms. The third-order valence-corrected chi connectivity index (χ3v) is 4.40. The van der Waals surface area contributed by atoms with Gasteiger partial charge in [-0.3, -0.25) is 24.6 Å². The van der Waals surface area contributed by atoms with Crippen LogP contribution in [0.4, 0.5) is 11.4 Å². The summed E-state index contributed by atoms with van der Waals surface area (Å²) >= 11 is 0. The molecule has 3 rings (SSSR count). The molecular weight excluding hydrogens is 358 g/mol. The first-order valence-electron chi connectivity index (χ1n) is 8.97. The molecule has 0 aliphatic carbocycles. The summed E-state index contributed by atoms with van der Waals surface area (Å²) in [7, 11) is 0. The lowest BCUT2D eigenvalue weighted by atomic mass is 10.0. The molecule has 0 spiro atoms. The van der Waals surface area contributed by atoms with Gasteiger partial charge in [0.2, 0.25) is 0 Å². The number of nitro benzene ring substituents is 1. The van der Waals surface area contributed by atoms with E-state index in [0.29, 0.717) is 17.8 Å². The van der Waals surface area contributed by atoms with Gasteiger partial charge >= 0.3 is 0 Å². The molecule has 1 N–H and O–H groups in total. The van der Waals surface area contributed by atoms with Crippen molar-refractivity contribution in [3.8, 4) is 0 Å². The minimum Gasteiger partial charge on any atom is -0.350 e. The van der Waals surface area contributed by atoms with Crippen LogP contribution >= 0.6 is 0 Å². The van der Waals surface area contributed by atoms with Crippen molar-refractivity contribution in [1.29, 1.82) is 0 Å². The van der Waals surface area contributed by atoms with E-state index in [4.69, 9.17) is 0 Å². The van der Waals surface area contributed by atoms with Crippen LogP contribution in [0.25, 0.3) is 5.57 Å². The second-order valence-corrected chi connectivity index (χ2v) is 7.16. The zero-order valence-electron chi connectivity index (χ0n) is 15.9. The summed E-state index contributed by atoms with van der Waals surface area (Å²) in [5, 5.41) is 14.0. The molecule has 0 saturated heterocycles. The predicted octanol–water partition coefficient (Wildman–Crippen LogP) is 3.75. The lowest BCUT2D eigenvalue weighted by Gasteiger charge is -2.17. The van der Waals surface area contributed by atoms with Gasteiger partial charge in [-0.25, -0.2) is 0 Å². The van der Waals surface area contributed by atoms with Crippen molar-refractivity contribution in [1.82, 2.24) is 4.90 Å². The Balaban J connectivity index is 2.05. The number of anilines is 1. The van der Waals surface area contributed by atoms with Gasteiger partial charge in [-0.1, -0.05) is 31.5 Å². The number of carbonyl (C=O) groups is 2. The van der Waals surface area contributed by atoms with E-state index in [1.807, 2.05) is 45.0 Å². The highest BCUT2D eigenvalue weighted by atomic mass is 16.6. The summed E-state index contributed by atoms with van der Waals surface area (Å²) in [5.41, 5.74) is 2.56. The number of non-ortho nitro benzene ring substituents is 1. The zero-order valence-corrected chi connectivity index (χ0v) is 15.9. The first-order chi connectivity index (χ1) is 13.3. The Kier molecular flexibility index (Phi) is 5.26. The number of amides is 2. The highest BCUT2D eigenvalue weighted by Gasteiger charge is 2.39.